The van der Waals surface area contributed by atoms with E-state index in [9.17, 15) is 5.26 Å². The van der Waals surface area contributed by atoms with Crippen molar-refractivity contribution in [2.24, 2.45) is 29.6 Å². The Hall–Kier alpha value is -0.550. The molecule has 0 aromatic rings. The molecule has 2 heteroatoms. The first kappa shape index (κ1) is 10.6. The zero-order chi connectivity index (χ0) is 11.3. The Morgan fingerprint density at radius 3 is 1.94 bits per heavy atom. The maximum Gasteiger partial charge on any atom is 0.107 e. The van der Waals surface area contributed by atoms with E-state index in [1.54, 1.807) is 0 Å². The molecule has 0 spiro atoms. The largest absolute Gasteiger partial charge is 0.302 e. The summed E-state index contributed by atoms with van der Waals surface area (Å²) in [6.45, 7) is 2.11. The minimum absolute atomic E-state index is 0.289. The van der Waals surface area contributed by atoms with Crippen LogP contribution < -0.4 is 5.32 Å². The molecule has 0 saturated heterocycles. The van der Waals surface area contributed by atoms with Crippen LogP contribution in [0.3, 0.4) is 0 Å². The van der Waals surface area contributed by atoms with Gasteiger partial charge in [-0.05, 0) is 75.7 Å². The molecule has 4 rings (SSSR count). The van der Waals surface area contributed by atoms with Crippen LogP contribution >= 0.6 is 0 Å². The second-order valence-corrected chi connectivity index (χ2v) is 6.52. The van der Waals surface area contributed by atoms with Gasteiger partial charge in [0.2, 0.25) is 0 Å². The molecule has 0 aromatic carbocycles. The minimum Gasteiger partial charge on any atom is -0.302 e. The van der Waals surface area contributed by atoms with Crippen molar-refractivity contribution in [3.8, 4) is 6.07 Å². The molecule has 0 heterocycles. The van der Waals surface area contributed by atoms with Crippen molar-refractivity contribution in [3.05, 3.63) is 0 Å². The predicted molar refractivity (Wildman–Crippen MR) is 63.6 cm³/mol. The topological polar surface area (TPSA) is 35.8 Å². The Morgan fingerprint density at radius 1 is 1.06 bits per heavy atom. The monoisotopic (exact) mass is 218 g/mol. The fourth-order valence-electron chi connectivity index (χ4n) is 5.17. The highest BCUT2D eigenvalue weighted by Gasteiger charge is 2.54. The summed E-state index contributed by atoms with van der Waals surface area (Å²) >= 11 is 0. The van der Waals surface area contributed by atoms with Gasteiger partial charge < -0.3 is 5.32 Å². The van der Waals surface area contributed by atoms with Crippen molar-refractivity contribution in [3.63, 3.8) is 0 Å². The predicted octanol–water partition coefficient (Wildman–Crippen LogP) is 2.56. The van der Waals surface area contributed by atoms with Crippen molar-refractivity contribution >= 4 is 0 Å². The number of rotatable bonds is 2. The Balaban J connectivity index is 1.89. The van der Waals surface area contributed by atoms with Crippen LogP contribution in [0.5, 0.6) is 0 Å². The normalized spacial score (nSPS) is 48.7. The number of nitrogens with zero attached hydrogens (tertiary/aromatic N) is 1. The lowest BCUT2D eigenvalue weighted by atomic mass is 9.48. The summed E-state index contributed by atoms with van der Waals surface area (Å²) in [7, 11) is 1.95. The zero-order valence-electron chi connectivity index (χ0n) is 10.4. The number of nitrogens with one attached hydrogen (secondary N) is 1. The Kier molecular flexibility index (Phi) is 2.30. The molecule has 4 bridgehead atoms. The molecule has 4 aliphatic carbocycles. The maximum absolute atomic E-state index is 9.46. The van der Waals surface area contributed by atoms with E-state index in [1.165, 1.54) is 32.1 Å². The van der Waals surface area contributed by atoms with Gasteiger partial charge in [-0.3, -0.25) is 0 Å². The smallest absolute Gasteiger partial charge is 0.107 e. The van der Waals surface area contributed by atoms with Crippen molar-refractivity contribution in [1.29, 1.82) is 5.26 Å². The summed E-state index contributed by atoms with van der Waals surface area (Å²) in [5.41, 5.74) is -0.289. The van der Waals surface area contributed by atoms with Crippen molar-refractivity contribution in [1.82, 2.24) is 5.32 Å². The van der Waals surface area contributed by atoms with Gasteiger partial charge in [0.15, 0.2) is 0 Å². The van der Waals surface area contributed by atoms with Gasteiger partial charge in [0.05, 0.1) is 6.07 Å². The van der Waals surface area contributed by atoms with Gasteiger partial charge >= 0.3 is 0 Å². The number of hydrogen-bond acceptors (Lipinski definition) is 2. The van der Waals surface area contributed by atoms with Crippen molar-refractivity contribution < 1.29 is 0 Å². The van der Waals surface area contributed by atoms with Crippen LogP contribution in [0.25, 0.3) is 0 Å². The first-order valence-corrected chi connectivity index (χ1v) is 6.76. The van der Waals surface area contributed by atoms with Gasteiger partial charge in [0.25, 0.3) is 0 Å². The van der Waals surface area contributed by atoms with Crippen LogP contribution in [-0.2, 0) is 0 Å². The molecule has 2 nitrogen and oxygen atoms in total. The minimum atomic E-state index is -0.289. The third-order valence-electron chi connectivity index (χ3n) is 5.64. The summed E-state index contributed by atoms with van der Waals surface area (Å²) in [5.74, 6) is 4.26. The molecule has 0 aliphatic heterocycles. The summed E-state index contributed by atoms with van der Waals surface area (Å²) in [6, 6.07) is 2.54. The molecule has 88 valence electrons. The highest BCUT2D eigenvalue weighted by Crippen LogP contribution is 2.58. The fraction of sp³-hybridized carbons (Fsp3) is 0.929. The SMILES string of the molecule is CNC(C)(C#N)C1C2CC3CC(C2)CC1C3. The average molecular weight is 218 g/mol. The lowest BCUT2D eigenvalue weighted by Crippen LogP contribution is -2.58. The van der Waals surface area contributed by atoms with Crippen molar-refractivity contribution in [2.45, 2.75) is 44.6 Å². The molecule has 0 amide bonds. The van der Waals surface area contributed by atoms with E-state index in [2.05, 4.69) is 18.3 Å². The molecule has 1 atom stereocenters. The average Bonchev–Trinajstić information content (AvgIpc) is 2.27. The lowest BCUT2D eigenvalue weighted by Gasteiger charge is -2.57. The maximum atomic E-state index is 9.46. The first-order chi connectivity index (χ1) is 7.66. The molecule has 4 aliphatic rings. The van der Waals surface area contributed by atoms with Crippen LogP contribution in [0.2, 0.25) is 0 Å². The molecule has 0 radical (unpaired) electrons. The zero-order valence-corrected chi connectivity index (χ0v) is 10.4. The second-order valence-electron chi connectivity index (χ2n) is 6.52. The molecular weight excluding hydrogens is 196 g/mol. The van der Waals surface area contributed by atoms with E-state index >= 15 is 0 Å². The Morgan fingerprint density at radius 2 is 1.56 bits per heavy atom. The molecule has 1 N–H and O–H groups in total. The third-order valence-corrected chi connectivity index (χ3v) is 5.64. The molecule has 1 unspecified atom stereocenters. The lowest BCUT2D eigenvalue weighted by molar-refractivity contribution is -0.0611. The van der Waals surface area contributed by atoms with Crippen molar-refractivity contribution in [2.75, 3.05) is 7.05 Å². The van der Waals surface area contributed by atoms with Gasteiger partial charge in [-0.1, -0.05) is 0 Å². The number of hydrogen-bond donors (Lipinski definition) is 1. The van der Waals surface area contributed by atoms with Crippen LogP contribution in [0.1, 0.15) is 39.0 Å². The van der Waals surface area contributed by atoms with E-state index in [-0.39, 0.29) is 5.54 Å². The molecule has 4 saturated carbocycles. The highest BCUT2D eigenvalue weighted by molar-refractivity contribution is 5.14. The van der Waals surface area contributed by atoms with E-state index in [1.807, 2.05) is 7.05 Å². The molecule has 0 aromatic heterocycles. The van der Waals surface area contributed by atoms with Gasteiger partial charge in [0, 0.05) is 0 Å². The van der Waals surface area contributed by atoms with Gasteiger partial charge in [-0.25, -0.2) is 0 Å². The van der Waals surface area contributed by atoms with Crippen LogP contribution in [0.15, 0.2) is 0 Å². The van der Waals surface area contributed by atoms with E-state index in [0.29, 0.717) is 5.92 Å². The van der Waals surface area contributed by atoms with Gasteiger partial charge in [-0.15, -0.1) is 0 Å². The fourth-order valence-corrected chi connectivity index (χ4v) is 5.17. The molecular formula is C14H22N2. The highest BCUT2D eigenvalue weighted by atomic mass is 14.9. The van der Waals surface area contributed by atoms with E-state index in [4.69, 9.17) is 0 Å². The van der Waals surface area contributed by atoms with Crippen LogP contribution in [0, 0.1) is 40.9 Å². The van der Waals surface area contributed by atoms with E-state index < -0.39 is 0 Å². The van der Waals surface area contributed by atoms with E-state index in [0.717, 1.165) is 23.7 Å². The summed E-state index contributed by atoms with van der Waals surface area (Å²) in [4.78, 5) is 0. The number of nitriles is 1. The third kappa shape index (κ3) is 1.34. The van der Waals surface area contributed by atoms with Gasteiger partial charge in [0.1, 0.15) is 5.54 Å². The Labute approximate surface area is 98.4 Å². The van der Waals surface area contributed by atoms with Crippen LogP contribution in [-0.4, -0.2) is 12.6 Å². The van der Waals surface area contributed by atoms with Gasteiger partial charge in [-0.2, -0.15) is 5.26 Å². The molecule has 16 heavy (non-hydrogen) atoms. The summed E-state index contributed by atoms with van der Waals surface area (Å²) in [5, 5.41) is 12.8. The summed E-state index contributed by atoms with van der Waals surface area (Å²) < 4.78 is 0. The summed E-state index contributed by atoms with van der Waals surface area (Å²) in [6.07, 6.45) is 7.09. The standard InChI is InChI=1S/C14H22N2/c1-14(8-15,16-2)13-11-4-9-3-10(6-11)7-12(13)5-9/h9-13,16H,3-7H2,1-2H3. The second kappa shape index (κ2) is 3.47. The quantitative estimate of drug-likeness (QED) is 0.773. The molecule has 4 fully saturated rings. The van der Waals surface area contributed by atoms with Crippen LogP contribution in [0.4, 0.5) is 0 Å². The first-order valence-electron chi connectivity index (χ1n) is 6.76. The Bertz CT molecular complexity index is 302.